The number of sulfonamides is 1. The minimum Gasteiger partial charge on any atom is -0.309 e. The maximum absolute atomic E-state index is 12.6. The number of halogens is 2. The molecule has 1 aromatic rings. The standard InChI is InChI=1S/C15H24Cl2N2O2S/c1-10-7-12(16)11(2)14(13(10)17)22(20,21)18-8-15(3,4)9-19(5)6/h7,18H,8-9H2,1-6H3. The number of benzene rings is 1. The summed E-state index contributed by atoms with van der Waals surface area (Å²) in [5.41, 5.74) is 0.908. The highest BCUT2D eigenvalue weighted by molar-refractivity contribution is 7.89. The molecule has 0 heterocycles. The topological polar surface area (TPSA) is 49.4 Å². The van der Waals surface area contributed by atoms with Gasteiger partial charge >= 0.3 is 0 Å². The Hall–Kier alpha value is -0.330. The van der Waals surface area contributed by atoms with Gasteiger partial charge in [-0.1, -0.05) is 37.0 Å². The van der Waals surface area contributed by atoms with Crippen LogP contribution in [0.15, 0.2) is 11.0 Å². The van der Waals surface area contributed by atoms with Crippen LogP contribution in [0.25, 0.3) is 0 Å². The van der Waals surface area contributed by atoms with Gasteiger partial charge in [0.15, 0.2) is 0 Å². The van der Waals surface area contributed by atoms with Crippen LogP contribution in [0.5, 0.6) is 0 Å². The van der Waals surface area contributed by atoms with Crippen LogP contribution in [0.4, 0.5) is 0 Å². The molecule has 0 aliphatic carbocycles. The summed E-state index contributed by atoms with van der Waals surface area (Å²) in [6.07, 6.45) is 0. The van der Waals surface area contributed by atoms with Crippen LogP contribution in [0.3, 0.4) is 0 Å². The maximum atomic E-state index is 12.6. The van der Waals surface area contributed by atoms with E-state index in [0.29, 0.717) is 22.7 Å². The summed E-state index contributed by atoms with van der Waals surface area (Å²) in [6, 6.07) is 1.67. The van der Waals surface area contributed by atoms with Gasteiger partial charge in [-0.05, 0) is 50.6 Å². The molecule has 0 saturated heterocycles. The summed E-state index contributed by atoms with van der Waals surface area (Å²) in [5, 5.41) is 0.620. The highest BCUT2D eigenvalue weighted by Gasteiger charge is 2.27. The first-order valence-electron chi connectivity index (χ1n) is 6.97. The van der Waals surface area contributed by atoms with E-state index in [-0.39, 0.29) is 15.3 Å². The lowest BCUT2D eigenvalue weighted by Gasteiger charge is -2.28. The van der Waals surface area contributed by atoms with Crippen molar-refractivity contribution in [3.8, 4) is 0 Å². The molecule has 0 amide bonds. The summed E-state index contributed by atoms with van der Waals surface area (Å²) < 4.78 is 27.9. The van der Waals surface area contributed by atoms with E-state index in [1.807, 2.05) is 32.8 Å². The highest BCUT2D eigenvalue weighted by atomic mass is 35.5. The van der Waals surface area contributed by atoms with Gasteiger partial charge in [0, 0.05) is 18.1 Å². The Morgan fingerprint density at radius 1 is 1.23 bits per heavy atom. The Labute approximate surface area is 143 Å². The van der Waals surface area contributed by atoms with Crippen LogP contribution < -0.4 is 4.72 Å². The summed E-state index contributed by atoms with van der Waals surface area (Å²) in [6.45, 7) is 8.49. The molecule has 1 N–H and O–H groups in total. The third-order valence-corrected chi connectivity index (χ3v) is 5.91. The predicted octanol–water partition coefficient (Wildman–Crippen LogP) is 3.48. The van der Waals surface area contributed by atoms with Gasteiger partial charge < -0.3 is 4.90 Å². The maximum Gasteiger partial charge on any atom is 0.242 e. The smallest absolute Gasteiger partial charge is 0.242 e. The van der Waals surface area contributed by atoms with Crippen LogP contribution in [0, 0.1) is 19.3 Å². The van der Waals surface area contributed by atoms with Crippen LogP contribution in [-0.2, 0) is 10.0 Å². The number of hydrogen-bond donors (Lipinski definition) is 1. The van der Waals surface area contributed by atoms with Crippen molar-refractivity contribution in [3.05, 3.63) is 27.2 Å². The first-order valence-corrected chi connectivity index (χ1v) is 9.21. The van der Waals surface area contributed by atoms with Crippen molar-refractivity contribution in [1.29, 1.82) is 0 Å². The largest absolute Gasteiger partial charge is 0.309 e. The number of hydrogen-bond acceptors (Lipinski definition) is 3. The summed E-state index contributed by atoms with van der Waals surface area (Å²) in [5.74, 6) is 0. The zero-order chi connectivity index (χ0) is 17.3. The highest BCUT2D eigenvalue weighted by Crippen LogP contribution is 2.33. The first kappa shape index (κ1) is 19.7. The van der Waals surface area contributed by atoms with E-state index in [1.54, 1.807) is 19.9 Å². The number of nitrogens with zero attached hydrogens (tertiary/aromatic N) is 1. The van der Waals surface area contributed by atoms with E-state index in [4.69, 9.17) is 23.2 Å². The third kappa shape index (κ3) is 4.83. The SMILES string of the molecule is Cc1cc(Cl)c(C)c(S(=O)(=O)NCC(C)(C)CN(C)C)c1Cl. The number of rotatable bonds is 6. The second-order valence-electron chi connectivity index (χ2n) is 6.67. The van der Waals surface area contributed by atoms with E-state index in [1.165, 1.54) is 0 Å². The predicted molar refractivity (Wildman–Crippen MR) is 93.5 cm³/mol. The average molecular weight is 367 g/mol. The normalized spacial score (nSPS) is 13.0. The van der Waals surface area contributed by atoms with Gasteiger partial charge in [-0.3, -0.25) is 0 Å². The molecule has 0 aromatic heterocycles. The zero-order valence-electron chi connectivity index (χ0n) is 13.9. The summed E-state index contributed by atoms with van der Waals surface area (Å²) in [4.78, 5) is 2.09. The molecule has 0 saturated carbocycles. The Bertz CT molecular complexity index is 630. The fraction of sp³-hybridized carbons (Fsp3) is 0.600. The van der Waals surface area contributed by atoms with Crippen LogP contribution in [0.2, 0.25) is 10.0 Å². The molecule has 1 aromatic carbocycles. The van der Waals surface area contributed by atoms with Gasteiger partial charge in [-0.2, -0.15) is 0 Å². The van der Waals surface area contributed by atoms with Gasteiger partial charge in [-0.15, -0.1) is 0 Å². The fourth-order valence-electron chi connectivity index (χ4n) is 2.41. The molecule has 0 radical (unpaired) electrons. The zero-order valence-corrected chi connectivity index (χ0v) is 16.2. The molecular weight excluding hydrogens is 343 g/mol. The molecule has 126 valence electrons. The molecule has 22 heavy (non-hydrogen) atoms. The van der Waals surface area contributed by atoms with Crippen molar-refractivity contribution >= 4 is 33.2 Å². The van der Waals surface area contributed by atoms with Crippen LogP contribution >= 0.6 is 23.2 Å². The molecular formula is C15H24Cl2N2O2S. The van der Waals surface area contributed by atoms with E-state index in [0.717, 1.165) is 6.54 Å². The molecule has 0 aliphatic heterocycles. The Morgan fingerprint density at radius 3 is 2.27 bits per heavy atom. The van der Waals surface area contributed by atoms with Crippen molar-refractivity contribution < 1.29 is 8.42 Å². The van der Waals surface area contributed by atoms with E-state index in [2.05, 4.69) is 4.72 Å². The van der Waals surface area contributed by atoms with E-state index >= 15 is 0 Å². The Kier molecular flexibility index (Phi) is 6.32. The molecule has 0 atom stereocenters. The first-order chi connectivity index (χ1) is 9.87. The van der Waals surface area contributed by atoms with Crippen LogP contribution in [0.1, 0.15) is 25.0 Å². The van der Waals surface area contributed by atoms with E-state index < -0.39 is 10.0 Å². The van der Waals surface area contributed by atoms with Crippen molar-refractivity contribution in [1.82, 2.24) is 9.62 Å². The van der Waals surface area contributed by atoms with Gasteiger partial charge in [-0.25, -0.2) is 13.1 Å². The number of aryl methyl sites for hydroxylation is 1. The van der Waals surface area contributed by atoms with Gasteiger partial charge in [0.05, 0.1) is 5.02 Å². The molecule has 0 unspecified atom stereocenters. The number of nitrogens with one attached hydrogen (secondary N) is 1. The lowest BCUT2D eigenvalue weighted by Crippen LogP contribution is -2.40. The van der Waals surface area contributed by atoms with Gasteiger partial charge in [0.2, 0.25) is 10.0 Å². The third-order valence-electron chi connectivity index (χ3n) is 3.34. The Balaban J connectivity index is 3.12. The van der Waals surface area contributed by atoms with Gasteiger partial charge in [0.25, 0.3) is 0 Å². The second kappa shape index (κ2) is 7.05. The molecule has 7 heteroatoms. The van der Waals surface area contributed by atoms with Crippen molar-refractivity contribution in [2.75, 3.05) is 27.2 Å². The lowest BCUT2D eigenvalue weighted by molar-refractivity contribution is 0.242. The average Bonchev–Trinajstić information content (AvgIpc) is 2.33. The van der Waals surface area contributed by atoms with Crippen molar-refractivity contribution in [2.24, 2.45) is 5.41 Å². The molecule has 1 rings (SSSR count). The van der Waals surface area contributed by atoms with E-state index in [9.17, 15) is 8.42 Å². The minimum atomic E-state index is -3.72. The second-order valence-corrected chi connectivity index (χ2v) is 9.16. The lowest BCUT2D eigenvalue weighted by atomic mass is 9.93. The molecule has 0 spiro atoms. The monoisotopic (exact) mass is 366 g/mol. The van der Waals surface area contributed by atoms with Crippen molar-refractivity contribution in [2.45, 2.75) is 32.6 Å². The van der Waals surface area contributed by atoms with Crippen molar-refractivity contribution in [3.63, 3.8) is 0 Å². The van der Waals surface area contributed by atoms with Gasteiger partial charge in [0.1, 0.15) is 4.90 Å². The molecule has 0 bridgehead atoms. The molecule has 4 nitrogen and oxygen atoms in total. The quantitative estimate of drug-likeness (QED) is 0.838. The summed E-state index contributed by atoms with van der Waals surface area (Å²) in [7, 11) is 0.191. The van der Waals surface area contributed by atoms with Crippen LogP contribution in [-0.4, -0.2) is 40.5 Å². The molecule has 0 aliphatic rings. The molecule has 0 fully saturated rings. The summed E-state index contributed by atoms with van der Waals surface area (Å²) >= 11 is 12.3. The fourth-order valence-corrected chi connectivity index (χ4v) is 4.86. The Morgan fingerprint density at radius 2 is 1.77 bits per heavy atom. The minimum absolute atomic E-state index is 0.0693.